The highest BCUT2D eigenvalue weighted by Gasteiger charge is 2.21. The minimum atomic E-state index is -0.312. The van der Waals surface area contributed by atoms with Crippen LogP contribution in [0.5, 0.6) is 0 Å². The van der Waals surface area contributed by atoms with Crippen LogP contribution in [0.2, 0.25) is 0 Å². The van der Waals surface area contributed by atoms with Crippen LogP contribution >= 0.6 is 15.9 Å². The smallest absolute Gasteiger partial charge is 0.260 e. The maximum atomic E-state index is 12.7. The second-order valence-corrected chi connectivity index (χ2v) is 6.52. The number of furan rings is 1. The number of rotatable bonds is 4. The molecule has 0 spiro atoms. The summed E-state index contributed by atoms with van der Waals surface area (Å²) in [6.07, 6.45) is 0. The number of anilines is 2. The summed E-state index contributed by atoms with van der Waals surface area (Å²) >= 11 is 3.38. The van der Waals surface area contributed by atoms with Crippen LogP contribution in [0.1, 0.15) is 32.2 Å². The Labute approximate surface area is 159 Å². The molecule has 1 aromatic heterocycles. The molecule has 2 amide bonds. The van der Waals surface area contributed by atoms with Gasteiger partial charge in [0.2, 0.25) is 0 Å². The van der Waals surface area contributed by atoms with Gasteiger partial charge in [-0.05, 0) is 54.0 Å². The van der Waals surface area contributed by atoms with Gasteiger partial charge in [-0.15, -0.1) is 0 Å². The van der Waals surface area contributed by atoms with Gasteiger partial charge in [-0.2, -0.15) is 0 Å². The SMILES string of the molecule is Cc1oc(C)c(C(=O)Nc2ccccc2NC(=O)c2ccccc2)c1Br. The third-order valence-corrected chi connectivity index (χ3v) is 4.83. The van der Waals surface area contributed by atoms with E-state index in [0.717, 1.165) is 0 Å². The van der Waals surface area contributed by atoms with Gasteiger partial charge in [-0.25, -0.2) is 0 Å². The molecule has 0 aliphatic carbocycles. The van der Waals surface area contributed by atoms with Crippen LogP contribution in [0.15, 0.2) is 63.5 Å². The van der Waals surface area contributed by atoms with Crippen molar-refractivity contribution in [1.29, 1.82) is 0 Å². The number of carbonyl (C=O) groups excluding carboxylic acids is 2. The van der Waals surface area contributed by atoms with E-state index < -0.39 is 0 Å². The van der Waals surface area contributed by atoms with Gasteiger partial charge in [0.15, 0.2) is 0 Å². The molecule has 2 aromatic carbocycles. The van der Waals surface area contributed by atoms with E-state index in [1.54, 1.807) is 62.4 Å². The molecule has 0 aliphatic heterocycles. The predicted octanol–water partition coefficient (Wildman–Crippen LogP) is 5.16. The Morgan fingerprint density at radius 3 is 1.88 bits per heavy atom. The summed E-state index contributed by atoms with van der Waals surface area (Å²) in [5, 5.41) is 5.66. The van der Waals surface area contributed by atoms with Gasteiger partial charge in [0.1, 0.15) is 11.5 Å². The number of carbonyl (C=O) groups is 2. The first-order valence-electron chi connectivity index (χ1n) is 7.99. The Bertz CT molecular complexity index is 964. The second-order valence-electron chi connectivity index (χ2n) is 5.72. The van der Waals surface area contributed by atoms with Crippen LogP contribution in [0.4, 0.5) is 11.4 Å². The fourth-order valence-electron chi connectivity index (χ4n) is 2.59. The molecule has 26 heavy (non-hydrogen) atoms. The molecule has 132 valence electrons. The molecular formula is C20H17BrN2O3. The van der Waals surface area contributed by atoms with E-state index in [0.29, 0.717) is 38.5 Å². The van der Waals surface area contributed by atoms with Gasteiger partial charge < -0.3 is 15.1 Å². The van der Waals surface area contributed by atoms with Crippen molar-refractivity contribution in [2.75, 3.05) is 10.6 Å². The number of aryl methyl sites for hydroxylation is 2. The number of benzene rings is 2. The highest BCUT2D eigenvalue weighted by Crippen LogP contribution is 2.29. The summed E-state index contributed by atoms with van der Waals surface area (Å²) in [6, 6.07) is 15.9. The summed E-state index contributed by atoms with van der Waals surface area (Å²) in [7, 11) is 0. The van der Waals surface area contributed by atoms with Gasteiger partial charge in [0.05, 0.1) is 21.4 Å². The normalized spacial score (nSPS) is 10.4. The molecule has 3 aromatic rings. The Morgan fingerprint density at radius 2 is 1.35 bits per heavy atom. The molecule has 3 rings (SSSR count). The van der Waals surface area contributed by atoms with Crippen molar-refractivity contribution in [3.8, 4) is 0 Å². The van der Waals surface area contributed by atoms with E-state index in [1.165, 1.54) is 0 Å². The number of para-hydroxylation sites is 2. The minimum absolute atomic E-state index is 0.246. The molecule has 0 unspecified atom stereocenters. The molecule has 5 nitrogen and oxygen atoms in total. The molecule has 0 atom stereocenters. The maximum absolute atomic E-state index is 12.7. The molecule has 0 aliphatic rings. The minimum Gasteiger partial charge on any atom is -0.465 e. The Hall–Kier alpha value is -2.86. The average molecular weight is 413 g/mol. The van der Waals surface area contributed by atoms with Crippen LogP contribution in [0.25, 0.3) is 0 Å². The molecular weight excluding hydrogens is 396 g/mol. The largest absolute Gasteiger partial charge is 0.465 e. The summed E-state index contributed by atoms with van der Waals surface area (Å²) in [5.74, 6) is 0.604. The lowest BCUT2D eigenvalue weighted by Crippen LogP contribution is -2.17. The monoisotopic (exact) mass is 412 g/mol. The first-order chi connectivity index (χ1) is 12.5. The molecule has 1 heterocycles. The summed E-state index contributed by atoms with van der Waals surface area (Å²) in [4.78, 5) is 25.1. The maximum Gasteiger partial charge on any atom is 0.260 e. The number of hydrogen-bond acceptors (Lipinski definition) is 3. The molecule has 0 saturated heterocycles. The van der Waals surface area contributed by atoms with Crippen LogP contribution in [-0.2, 0) is 0 Å². The molecule has 6 heteroatoms. The summed E-state index contributed by atoms with van der Waals surface area (Å²) in [5.41, 5.74) is 2.00. The van der Waals surface area contributed by atoms with Crippen molar-refractivity contribution in [3.05, 3.63) is 81.7 Å². The molecule has 0 fully saturated rings. The Morgan fingerprint density at radius 1 is 0.808 bits per heavy atom. The van der Waals surface area contributed by atoms with Crippen LogP contribution in [0.3, 0.4) is 0 Å². The van der Waals surface area contributed by atoms with Crippen LogP contribution in [-0.4, -0.2) is 11.8 Å². The quantitative estimate of drug-likeness (QED) is 0.621. The molecule has 0 saturated carbocycles. The van der Waals surface area contributed by atoms with Crippen LogP contribution in [0, 0.1) is 13.8 Å². The van der Waals surface area contributed by atoms with Crippen molar-refractivity contribution in [3.63, 3.8) is 0 Å². The average Bonchev–Trinajstić information content (AvgIpc) is 2.89. The van der Waals surface area contributed by atoms with E-state index in [4.69, 9.17) is 4.42 Å². The lowest BCUT2D eigenvalue weighted by molar-refractivity contribution is 0.101. The number of halogens is 1. The molecule has 0 bridgehead atoms. The van der Waals surface area contributed by atoms with Crippen molar-refractivity contribution in [1.82, 2.24) is 0 Å². The number of amides is 2. The lowest BCUT2D eigenvalue weighted by atomic mass is 10.2. The van der Waals surface area contributed by atoms with Crippen molar-refractivity contribution in [2.45, 2.75) is 13.8 Å². The standard InChI is InChI=1S/C20H17BrN2O3/c1-12-17(18(21)13(2)26-12)20(25)23-16-11-7-6-10-15(16)22-19(24)14-8-4-3-5-9-14/h3-11H,1-2H3,(H,22,24)(H,23,25). The third-order valence-electron chi connectivity index (χ3n) is 3.87. The van der Waals surface area contributed by atoms with Gasteiger partial charge in [-0.3, -0.25) is 9.59 Å². The van der Waals surface area contributed by atoms with E-state index >= 15 is 0 Å². The van der Waals surface area contributed by atoms with Gasteiger partial charge in [0, 0.05) is 5.56 Å². The second kappa shape index (κ2) is 7.58. The lowest BCUT2D eigenvalue weighted by Gasteiger charge is -2.12. The van der Waals surface area contributed by atoms with Crippen molar-refractivity contribution < 1.29 is 14.0 Å². The summed E-state index contributed by atoms with van der Waals surface area (Å²) in [6.45, 7) is 3.51. The van der Waals surface area contributed by atoms with Crippen molar-refractivity contribution in [2.24, 2.45) is 0 Å². The zero-order valence-electron chi connectivity index (χ0n) is 14.3. The Kier molecular flexibility index (Phi) is 5.23. The van der Waals surface area contributed by atoms with Crippen LogP contribution < -0.4 is 10.6 Å². The first-order valence-corrected chi connectivity index (χ1v) is 8.79. The fourth-order valence-corrected chi connectivity index (χ4v) is 3.13. The van der Waals surface area contributed by atoms with Gasteiger partial charge >= 0.3 is 0 Å². The topological polar surface area (TPSA) is 71.3 Å². The van der Waals surface area contributed by atoms with Crippen molar-refractivity contribution >= 4 is 39.1 Å². The third kappa shape index (κ3) is 3.70. The summed E-state index contributed by atoms with van der Waals surface area (Å²) < 4.78 is 6.10. The van der Waals surface area contributed by atoms with E-state index in [9.17, 15) is 9.59 Å². The zero-order valence-corrected chi connectivity index (χ0v) is 15.9. The Balaban J connectivity index is 1.83. The highest BCUT2D eigenvalue weighted by atomic mass is 79.9. The predicted molar refractivity (Wildman–Crippen MR) is 105 cm³/mol. The number of nitrogens with one attached hydrogen (secondary N) is 2. The van der Waals surface area contributed by atoms with Gasteiger partial charge in [0.25, 0.3) is 11.8 Å². The molecule has 2 N–H and O–H groups in total. The van der Waals surface area contributed by atoms with E-state index in [1.807, 2.05) is 6.07 Å². The van der Waals surface area contributed by atoms with E-state index in [2.05, 4.69) is 26.6 Å². The number of hydrogen-bond donors (Lipinski definition) is 2. The van der Waals surface area contributed by atoms with Gasteiger partial charge in [-0.1, -0.05) is 30.3 Å². The van der Waals surface area contributed by atoms with E-state index in [-0.39, 0.29) is 11.8 Å². The first kappa shape index (κ1) is 17.9. The highest BCUT2D eigenvalue weighted by molar-refractivity contribution is 9.10. The zero-order chi connectivity index (χ0) is 18.7. The fraction of sp³-hybridized carbons (Fsp3) is 0.100. The molecule has 0 radical (unpaired) electrons.